The van der Waals surface area contributed by atoms with Crippen molar-refractivity contribution in [3.8, 4) is 0 Å². The summed E-state index contributed by atoms with van der Waals surface area (Å²) >= 11 is 3.51. The van der Waals surface area contributed by atoms with Gasteiger partial charge in [0, 0.05) is 23.0 Å². The number of hydrogen-bond donors (Lipinski definition) is 1. The molecule has 3 nitrogen and oxygen atoms in total. The lowest BCUT2D eigenvalue weighted by molar-refractivity contribution is -0.136. The molecule has 4 heteroatoms. The standard InChI is InChI=1S/C18H25BrN2O/c1-13(2)21(12-14-4-3-5-15(19)10-14)17(22)16-11-18(16)6-8-20-9-7-18/h3-5,10,13,16,20H,6-9,11-12H2,1-2H3. The van der Waals surface area contributed by atoms with Crippen molar-refractivity contribution in [1.82, 2.24) is 10.2 Å². The van der Waals surface area contributed by atoms with Crippen molar-refractivity contribution in [1.29, 1.82) is 0 Å². The van der Waals surface area contributed by atoms with Gasteiger partial charge in [0.25, 0.3) is 0 Å². The highest BCUT2D eigenvalue weighted by atomic mass is 79.9. The Bertz CT molecular complexity index is 552. The van der Waals surface area contributed by atoms with E-state index in [0.29, 0.717) is 17.9 Å². The molecular formula is C18H25BrN2O. The largest absolute Gasteiger partial charge is 0.336 e. The van der Waals surface area contributed by atoms with Crippen molar-refractivity contribution in [2.75, 3.05) is 13.1 Å². The zero-order valence-corrected chi connectivity index (χ0v) is 15.0. The molecule has 1 saturated carbocycles. The Kier molecular flexibility index (Phi) is 4.60. The number of amides is 1. The van der Waals surface area contributed by atoms with E-state index in [1.807, 2.05) is 12.1 Å². The number of carbonyl (C=O) groups excluding carboxylic acids is 1. The number of nitrogens with zero attached hydrogens (tertiary/aromatic N) is 1. The normalized spacial score (nSPS) is 22.8. The Morgan fingerprint density at radius 1 is 1.41 bits per heavy atom. The average Bonchev–Trinajstić information content (AvgIpc) is 3.18. The van der Waals surface area contributed by atoms with Crippen LogP contribution in [0, 0.1) is 11.3 Å². The monoisotopic (exact) mass is 364 g/mol. The van der Waals surface area contributed by atoms with Gasteiger partial charge < -0.3 is 10.2 Å². The van der Waals surface area contributed by atoms with Gasteiger partial charge in [0.1, 0.15) is 0 Å². The number of carbonyl (C=O) groups is 1. The number of hydrogen-bond acceptors (Lipinski definition) is 2. The number of nitrogens with one attached hydrogen (secondary N) is 1. The van der Waals surface area contributed by atoms with E-state index in [0.717, 1.165) is 36.8 Å². The third-order valence-corrected chi connectivity index (χ3v) is 5.73. The first-order valence-corrected chi connectivity index (χ1v) is 9.07. The molecule has 1 amide bonds. The lowest BCUT2D eigenvalue weighted by atomic mass is 9.91. The number of rotatable bonds is 4. The van der Waals surface area contributed by atoms with E-state index in [2.05, 4.69) is 52.1 Å². The van der Waals surface area contributed by atoms with Gasteiger partial charge in [-0.25, -0.2) is 0 Å². The molecule has 1 atom stereocenters. The Balaban J connectivity index is 1.70. The van der Waals surface area contributed by atoms with Crippen LogP contribution in [0.15, 0.2) is 28.7 Å². The van der Waals surface area contributed by atoms with E-state index in [1.54, 1.807) is 0 Å². The molecule has 2 fully saturated rings. The van der Waals surface area contributed by atoms with Crippen LogP contribution in [0.3, 0.4) is 0 Å². The van der Waals surface area contributed by atoms with E-state index in [4.69, 9.17) is 0 Å². The second-order valence-electron chi connectivity index (χ2n) is 7.06. The second kappa shape index (κ2) is 6.32. The minimum atomic E-state index is 0.242. The SMILES string of the molecule is CC(C)N(Cc1cccc(Br)c1)C(=O)C1CC12CCNCC2. The van der Waals surface area contributed by atoms with Gasteiger partial charge in [-0.3, -0.25) is 4.79 Å². The van der Waals surface area contributed by atoms with E-state index < -0.39 is 0 Å². The molecule has 1 aliphatic heterocycles. The van der Waals surface area contributed by atoms with Crippen LogP contribution in [-0.4, -0.2) is 29.9 Å². The van der Waals surface area contributed by atoms with Crippen molar-refractivity contribution in [2.45, 2.75) is 45.7 Å². The van der Waals surface area contributed by atoms with Gasteiger partial charge in [0.2, 0.25) is 5.91 Å². The fourth-order valence-electron chi connectivity index (χ4n) is 3.72. The summed E-state index contributed by atoms with van der Waals surface area (Å²) in [6, 6.07) is 8.51. The molecule has 0 bridgehead atoms. The molecule has 2 aliphatic rings. The van der Waals surface area contributed by atoms with E-state index in [1.165, 1.54) is 5.56 Å². The Labute approximate surface area is 141 Å². The maximum absolute atomic E-state index is 13.0. The highest BCUT2D eigenvalue weighted by Crippen LogP contribution is 2.59. The predicted molar refractivity (Wildman–Crippen MR) is 92.5 cm³/mol. The zero-order chi connectivity index (χ0) is 15.7. The zero-order valence-electron chi connectivity index (χ0n) is 13.4. The maximum Gasteiger partial charge on any atom is 0.226 e. The first kappa shape index (κ1) is 16.0. The first-order valence-electron chi connectivity index (χ1n) is 8.27. The van der Waals surface area contributed by atoms with Crippen molar-refractivity contribution >= 4 is 21.8 Å². The predicted octanol–water partition coefficient (Wildman–Crippen LogP) is 3.58. The van der Waals surface area contributed by atoms with E-state index >= 15 is 0 Å². The lowest BCUT2D eigenvalue weighted by Crippen LogP contribution is -2.40. The quantitative estimate of drug-likeness (QED) is 0.885. The van der Waals surface area contributed by atoms with Crippen LogP contribution in [0.25, 0.3) is 0 Å². The minimum absolute atomic E-state index is 0.242. The van der Waals surface area contributed by atoms with Crippen LogP contribution >= 0.6 is 15.9 Å². The summed E-state index contributed by atoms with van der Waals surface area (Å²) in [6.07, 6.45) is 3.41. The summed E-state index contributed by atoms with van der Waals surface area (Å²) in [5.41, 5.74) is 1.50. The molecule has 1 spiro atoms. The topological polar surface area (TPSA) is 32.3 Å². The van der Waals surface area contributed by atoms with Crippen LogP contribution in [0.2, 0.25) is 0 Å². The molecule has 3 rings (SSSR count). The van der Waals surface area contributed by atoms with Gasteiger partial charge in [-0.2, -0.15) is 0 Å². The average molecular weight is 365 g/mol. The number of piperidine rings is 1. The summed E-state index contributed by atoms with van der Waals surface area (Å²) < 4.78 is 1.07. The van der Waals surface area contributed by atoms with Crippen LogP contribution in [0.5, 0.6) is 0 Å². The molecule has 0 radical (unpaired) electrons. The summed E-state index contributed by atoms with van der Waals surface area (Å²) in [6.45, 7) is 7.08. The van der Waals surface area contributed by atoms with Crippen LogP contribution in [0.4, 0.5) is 0 Å². The van der Waals surface area contributed by atoms with Crippen molar-refractivity contribution < 1.29 is 4.79 Å². The lowest BCUT2D eigenvalue weighted by Gasteiger charge is -2.30. The molecule has 1 aromatic rings. The molecular weight excluding hydrogens is 340 g/mol. The Hall–Kier alpha value is -0.870. The second-order valence-corrected chi connectivity index (χ2v) is 7.97. The minimum Gasteiger partial charge on any atom is -0.336 e. The van der Waals surface area contributed by atoms with Crippen LogP contribution in [0.1, 0.15) is 38.7 Å². The number of benzene rings is 1. The van der Waals surface area contributed by atoms with Gasteiger partial charge in [0.15, 0.2) is 0 Å². The van der Waals surface area contributed by atoms with Gasteiger partial charge in [0.05, 0.1) is 0 Å². The summed E-state index contributed by atoms with van der Waals surface area (Å²) in [5.74, 6) is 0.612. The first-order chi connectivity index (χ1) is 10.5. The van der Waals surface area contributed by atoms with Crippen LogP contribution < -0.4 is 5.32 Å². The van der Waals surface area contributed by atoms with Gasteiger partial charge >= 0.3 is 0 Å². The van der Waals surface area contributed by atoms with Crippen molar-refractivity contribution in [2.24, 2.45) is 11.3 Å². The fraction of sp³-hybridized carbons (Fsp3) is 0.611. The number of halogens is 1. The summed E-state index contributed by atoms with van der Waals surface area (Å²) in [5, 5.41) is 3.41. The Morgan fingerprint density at radius 3 is 2.77 bits per heavy atom. The molecule has 1 aromatic carbocycles. The summed E-state index contributed by atoms with van der Waals surface area (Å²) in [4.78, 5) is 15.1. The third kappa shape index (κ3) is 3.23. The van der Waals surface area contributed by atoms with Gasteiger partial charge in [-0.15, -0.1) is 0 Å². The molecule has 0 aromatic heterocycles. The van der Waals surface area contributed by atoms with Crippen molar-refractivity contribution in [3.05, 3.63) is 34.3 Å². The molecule has 1 unspecified atom stereocenters. The van der Waals surface area contributed by atoms with Crippen LogP contribution in [-0.2, 0) is 11.3 Å². The van der Waals surface area contributed by atoms with Gasteiger partial charge in [-0.05, 0) is 69.3 Å². The highest BCUT2D eigenvalue weighted by Gasteiger charge is 2.58. The molecule has 120 valence electrons. The summed E-state index contributed by atoms with van der Waals surface area (Å²) in [7, 11) is 0. The molecule has 1 heterocycles. The Morgan fingerprint density at radius 2 is 2.14 bits per heavy atom. The fourth-order valence-corrected chi connectivity index (χ4v) is 4.17. The third-order valence-electron chi connectivity index (χ3n) is 5.24. The van der Waals surface area contributed by atoms with E-state index in [-0.39, 0.29) is 12.0 Å². The van der Waals surface area contributed by atoms with Gasteiger partial charge in [-0.1, -0.05) is 28.1 Å². The molecule has 1 N–H and O–H groups in total. The highest BCUT2D eigenvalue weighted by molar-refractivity contribution is 9.10. The maximum atomic E-state index is 13.0. The molecule has 1 aliphatic carbocycles. The van der Waals surface area contributed by atoms with Crippen molar-refractivity contribution in [3.63, 3.8) is 0 Å². The smallest absolute Gasteiger partial charge is 0.226 e. The molecule has 1 saturated heterocycles. The molecule has 22 heavy (non-hydrogen) atoms. The van der Waals surface area contributed by atoms with E-state index in [9.17, 15) is 4.79 Å².